The van der Waals surface area contributed by atoms with Gasteiger partial charge in [0.2, 0.25) is 5.88 Å². The zero-order chi connectivity index (χ0) is 17.4. The maximum atomic E-state index is 14.5. The van der Waals surface area contributed by atoms with Gasteiger partial charge in [0.25, 0.3) is 0 Å². The Labute approximate surface area is 144 Å². The Bertz CT molecular complexity index is 866. The third-order valence-electron chi connectivity index (χ3n) is 4.01. The molecule has 1 atom stereocenters. The molecule has 1 unspecified atom stereocenters. The van der Waals surface area contributed by atoms with E-state index in [4.69, 9.17) is 22.1 Å². The highest BCUT2D eigenvalue weighted by molar-refractivity contribution is 6.31. The van der Waals surface area contributed by atoms with Crippen molar-refractivity contribution in [3.63, 3.8) is 0 Å². The molecule has 0 spiro atoms. The summed E-state index contributed by atoms with van der Waals surface area (Å²) in [6.07, 6.45) is 0. The Hall–Kier alpha value is -2.71. The first-order valence-corrected chi connectivity index (χ1v) is 7.64. The standard InChI is InChI=1S/C18H15ClFN3O/c1-23(2)10-6-7-11-15(8-10)24-18(22)12(9-21)16(11)17-13(19)4-3-5-14(17)20/h3-8,16H,22H2,1-2H3. The van der Waals surface area contributed by atoms with Crippen LogP contribution in [0, 0.1) is 17.1 Å². The molecule has 4 nitrogen and oxygen atoms in total. The summed E-state index contributed by atoms with van der Waals surface area (Å²) in [4.78, 5) is 1.91. The van der Waals surface area contributed by atoms with Crippen LogP contribution in [0.2, 0.25) is 5.02 Å². The SMILES string of the molecule is CN(C)c1ccc2c(c1)OC(N)=C(C#N)C2c1c(F)cccc1Cl. The molecule has 1 aliphatic heterocycles. The number of hydrogen-bond acceptors (Lipinski definition) is 4. The molecule has 0 aromatic heterocycles. The molecule has 2 aromatic carbocycles. The molecule has 2 N–H and O–H groups in total. The summed E-state index contributed by atoms with van der Waals surface area (Å²) >= 11 is 6.22. The van der Waals surface area contributed by atoms with Gasteiger partial charge >= 0.3 is 0 Å². The van der Waals surface area contributed by atoms with Crippen LogP contribution in [0.4, 0.5) is 10.1 Å². The van der Waals surface area contributed by atoms with Crippen LogP contribution in [-0.4, -0.2) is 14.1 Å². The van der Waals surface area contributed by atoms with Crippen molar-refractivity contribution in [3.05, 3.63) is 69.8 Å². The average Bonchev–Trinajstić information content (AvgIpc) is 2.53. The number of benzene rings is 2. The molecule has 0 fully saturated rings. The van der Waals surface area contributed by atoms with E-state index in [9.17, 15) is 9.65 Å². The summed E-state index contributed by atoms with van der Waals surface area (Å²) in [6, 6.07) is 11.9. The number of nitrogens with zero attached hydrogens (tertiary/aromatic N) is 2. The lowest BCUT2D eigenvalue weighted by Crippen LogP contribution is -2.22. The minimum Gasteiger partial charge on any atom is -0.440 e. The second kappa shape index (κ2) is 6.06. The number of hydrogen-bond donors (Lipinski definition) is 1. The van der Waals surface area contributed by atoms with E-state index in [0.29, 0.717) is 11.3 Å². The fourth-order valence-corrected chi connectivity index (χ4v) is 3.08. The van der Waals surface area contributed by atoms with Gasteiger partial charge in [-0.25, -0.2) is 4.39 Å². The number of nitrogens with two attached hydrogens (primary N) is 1. The summed E-state index contributed by atoms with van der Waals surface area (Å²) < 4.78 is 20.1. The van der Waals surface area contributed by atoms with E-state index in [1.807, 2.05) is 37.2 Å². The van der Waals surface area contributed by atoms with Crippen LogP contribution in [0.5, 0.6) is 5.75 Å². The number of anilines is 1. The van der Waals surface area contributed by atoms with Crippen LogP contribution >= 0.6 is 11.6 Å². The van der Waals surface area contributed by atoms with Crippen LogP contribution in [-0.2, 0) is 0 Å². The minimum absolute atomic E-state index is 0.0368. The number of nitriles is 1. The molecule has 1 heterocycles. The second-order valence-corrected chi connectivity index (χ2v) is 6.08. The van der Waals surface area contributed by atoms with E-state index < -0.39 is 11.7 Å². The van der Waals surface area contributed by atoms with Crippen molar-refractivity contribution in [2.45, 2.75) is 5.92 Å². The third kappa shape index (κ3) is 2.55. The van der Waals surface area contributed by atoms with E-state index in [-0.39, 0.29) is 22.0 Å². The molecule has 0 bridgehead atoms. The molecule has 1 aliphatic rings. The fraction of sp³-hybridized carbons (Fsp3) is 0.167. The van der Waals surface area contributed by atoms with Crippen molar-refractivity contribution in [1.82, 2.24) is 0 Å². The number of halogens is 2. The lowest BCUT2D eigenvalue weighted by Gasteiger charge is -2.28. The highest BCUT2D eigenvalue weighted by Crippen LogP contribution is 2.45. The first kappa shape index (κ1) is 16.2. The smallest absolute Gasteiger partial charge is 0.205 e. The van der Waals surface area contributed by atoms with Crippen molar-refractivity contribution >= 4 is 17.3 Å². The molecule has 2 aromatic rings. The van der Waals surface area contributed by atoms with Gasteiger partial charge in [-0.15, -0.1) is 0 Å². The molecule has 0 amide bonds. The Morgan fingerprint density at radius 2 is 2.04 bits per heavy atom. The van der Waals surface area contributed by atoms with Gasteiger partial charge in [0, 0.05) is 42.0 Å². The number of allylic oxidation sites excluding steroid dienone is 1. The lowest BCUT2D eigenvalue weighted by atomic mass is 9.83. The molecule has 24 heavy (non-hydrogen) atoms. The fourth-order valence-electron chi connectivity index (χ4n) is 2.81. The van der Waals surface area contributed by atoms with Crippen molar-refractivity contribution in [2.75, 3.05) is 19.0 Å². The van der Waals surface area contributed by atoms with E-state index in [1.165, 1.54) is 12.1 Å². The maximum absolute atomic E-state index is 14.5. The molecule has 3 rings (SSSR count). The molecule has 0 aliphatic carbocycles. The third-order valence-corrected chi connectivity index (χ3v) is 4.34. The number of ether oxygens (including phenoxy) is 1. The Morgan fingerprint density at radius 1 is 1.29 bits per heavy atom. The highest BCUT2D eigenvalue weighted by Gasteiger charge is 2.33. The van der Waals surface area contributed by atoms with E-state index in [0.717, 1.165) is 5.69 Å². The van der Waals surface area contributed by atoms with Crippen molar-refractivity contribution < 1.29 is 9.13 Å². The first-order chi connectivity index (χ1) is 11.4. The summed E-state index contributed by atoms with van der Waals surface area (Å²) in [5, 5.41) is 9.74. The number of rotatable bonds is 2. The van der Waals surface area contributed by atoms with Gasteiger partial charge in [-0.3, -0.25) is 0 Å². The van der Waals surface area contributed by atoms with Gasteiger partial charge < -0.3 is 15.4 Å². The molecule has 122 valence electrons. The van der Waals surface area contributed by atoms with Gasteiger partial charge in [0.15, 0.2) is 0 Å². The normalized spacial score (nSPS) is 16.2. The summed E-state index contributed by atoms with van der Waals surface area (Å²) in [6.45, 7) is 0. The summed E-state index contributed by atoms with van der Waals surface area (Å²) in [5.74, 6) is -0.742. The Morgan fingerprint density at radius 3 is 2.67 bits per heavy atom. The van der Waals surface area contributed by atoms with Gasteiger partial charge in [-0.2, -0.15) is 5.26 Å². The van der Waals surface area contributed by atoms with Crippen LogP contribution in [0.1, 0.15) is 17.0 Å². The van der Waals surface area contributed by atoms with Crippen LogP contribution in [0.25, 0.3) is 0 Å². The molecular weight excluding hydrogens is 329 g/mol. The zero-order valence-electron chi connectivity index (χ0n) is 13.2. The molecule has 6 heteroatoms. The minimum atomic E-state index is -0.705. The quantitative estimate of drug-likeness (QED) is 0.901. The monoisotopic (exact) mass is 343 g/mol. The van der Waals surface area contributed by atoms with Crippen molar-refractivity contribution in [3.8, 4) is 11.8 Å². The number of fused-ring (bicyclic) bond motifs is 1. The Kier molecular flexibility index (Phi) is 4.08. The molecule has 0 saturated carbocycles. The van der Waals surface area contributed by atoms with Crippen LogP contribution < -0.4 is 15.4 Å². The van der Waals surface area contributed by atoms with Crippen LogP contribution in [0.15, 0.2) is 47.9 Å². The lowest BCUT2D eigenvalue weighted by molar-refractivity contribution is 0.392. The average molecular weight is 344 g/mol. The maximum Gasteiger partial charge on any atom is 0.205 e. The predicted octanol–water partition coefficient (Wildman–Crippen LogP) is 3.76. The van der Waals surface area contributed by atoms with Gasteiger partial charge in [-0.1, -0.05) is 23.7 Å². The molecule has 0 saturated heterocycles. The first-order valence-electron chi connectivity index (χ1n) is 7.26. The topological polar surface area (TPSA) is 62.3 Å². The van der Waals surface area contributed by atoms with E-state index in [2.05, 4.69) is 0 Å². The van der Waals surface area contributed by atoms with Crippen LogP contribution in [0.3, 0.4) is 0 Å². The Balaban J connectivity index is 2.27. The predicted molar refractivity (Wildman–Crippen MR) is 91.5 cm³/mol. The molecular formula is C18H15ClFN3O. The largest absolute Gasteiger partial charge is 0.440 e. The van der Waals surface area contributed by atoms with E-state index in [1.54, 1.807) is 12.1 Å². The van der Waals surface area contributed by atoms with Crippen molar-refractivity contribution in [1.29, 1.82) is 5.26 Å². The van der Waals surface area contributed by atoms with Crippen molar-refractivity contribution in [2.24, 2.45) is 5.73 Å². The molecule has 0 radical (unpaired) electrons. The van der Waals surface area contributed by atoms with E-state index >= 15 is 0 Å². The van der Waals surface area contributed by atoms with Gasteiger partial charge in [-0.05, 0) is 18.2 Å². The zero-order valence-corrected chi connectivity index (χ0v) is 13.9. The highest BCUT2D eigenvalue weighted by atomic mass is 35.5. The summed E-state index contributed by atoms with van der Waals surface area (Å²) in [5.41, 5.74) is 7.84. The van der Waals surface area contributed by atoms with Gasteiger partial charge in [0.1, 0.15) is 23.2 Å². The second-order valence-electron chi connectivity index (χ2n) is 5.68. The van der Waals surface area contributed by atoms with Gasteiger partial charge in [0.05, 0.1) is 5.92 Å². The summed E-state index contributed by atoms with van der Waals surface area (Å²) in [7, 11) is 3.80.